The zero-order valence-corrected chi connectivity index (χ0v) is 30.0. The number of aryl methyl sites for hydroxylation is 1. The van der Waals surface area contributed by atoms with Crippen molar-refractivity contribution < 1.29 is 24.2 Å². The molecule has 1 aromatic heterocycles. The van der Waals surface area contributed by atoms with Crippen LogP contribution in [0.1, 0.15) is 41.6 Å². The lowest BCUT2D eigenvalue weighted by Gasteiger charge is -2.32. The topological polar surface area (TPSA) is 121 Å². The van der Waals surface area contributed by atoms with Gasteiger partial charge in [0.2, 0.25) is 6.41 Å². The van der Waals surface area contributed by atoms with Gasteiger partial charge in [0.25, 0.3) is 5.91 Å². The molecule has 2 N–H and O–H groups in total. The van der Waals surface area contributed by atoms with Gasteiger partial charge >= 0.3 is 0 Å². The van der Waals surface area contributed by atoms with Crippen LogP contribution in [0.5, 0.6) is 0 Å². The lowest BCUT2D eigenvalue weighted by Crippen LogP contribution is -2.46. The number of nitrogens with zero attached hydrogens (tertiary/aromatic N) is 5. The molecule has 1 spiro atoms. The van der Waals surface area contributed by atoms with E-state index in [2.05, 4.69) is 10.3 Å². The summed E-state index contributed by atoms with van der Waals surface area (Å²) in [7, 11) is -2.85. The number of hydrogen-bond acceptors (Lipinski definition) is 7. The fourth-order valence-corrected chi connectivity index (χ4v) is 10.8. The van der Waals surface area contributed by atoms with Crippen LogP contribution in [0.4, 0.5) is 17.1 Å². The van der Waals surface area contributed by atoms with Crippen molar-refractivity contribution in [3.05, 3.63) is 138 Å². The number of hydrogen-bond donors (Lipinski definition) is 2. The van der Waals surface area contributed by atoms with Gasteiger partial charge in [0.05, 0.1) is 36.6 Å². The lowest BCUT2D eigenvalue weighted by molar-refractivity contribution is -0.146. The van der Waals surface area contributed by atoms with Crippen LogP contribution in [-0.4, -0.2) is 58.2 Å². The zero-order valence-electron chi connectivity index (χ0n) is 29.0. The Labute approximate surface area is 299 Å². The number of para-hydroxylation sites is 2. The highest BCUT2D eigenvalue weighted by molar-refractivity contribution is 6.71. The van der Waals surface area contributed by atoms with Crippen LogP contribution in [0.25, 0.3) is 0 Å². The molecule has 262 valence electrons. The first-order valence-corrected chi connectivity index (χ1v) is 20.4. The number of aliphatic hydroxyl groups is 1. The summed E-state index contributed by atoms with van der Waals surface area (Å²) in [5.74, 6) is -0.711. The van der Waals surface area contributed by atoms with E-state index >= 15 is 0 Å². The summed E-state index contributed by atoms with van der Waals surface area (Å²) in [4.78, 5) is 41.8. The Kier molecular flexibility index (Phi) is 9.47. The van der Waals surface area contributed by atoms with Gasteiger partial charge in [0.1, 0.15) is 0 Å². The van der Waals surface area contributed by atoms with E-state index in [-0.39, 0.29) is 29.9 Å². The van der Waals surface area contributed by atoms with Crippen LogP contribution in [0, 0.1) is 5.92 Å². The summed E-state index contributed by atoms with van der Waals surface area (Å²) in [5, 5.41) is 18.9. The number of rotatable bonds is 12. The highest BCUT2D eigenvalue weighted by Crippen LogP contribution is 2.59. The number of anilines is 3. The van der Waals surface area contributed by atoms with Gasteiger partial charge in [0.15, 0.2) is 13.9 Å². The Balaban J connectivity index is 1.13. The molecular formula is C40H43N5O5Si. The number of amides is 2. The summed E-state index contributed by atoms with van der Waals surface area (Å²) in [5.41, 5.74) is 4.19. The van der Waals surface area contributed by atoms with Gasteiger partial charge in [-0.3, -0.25) is 19.2 Å². The van der Waals surface area contributed by atoms with E-state index < -0.39 is 20.0 Å². The van der Waals surface area contributed by atoms with Crippen molar-refractivity contribution in [3.63, 3.8) is 0 Å². The van der Waals surface area contributed by atoms with E-state index in [1.165, 1.54) is 0 Å². The number of aromatic nitrogens is 3. The van der Waals surface area contributed by atoms with Crippen LogP contribution in [0.15, 0.2) is 115 Å². The van der Waals surface area contributed by atoms with E-state index in [0.29, 0.717) is 25.2 Å². The fourth-order valence-electron chi connectivity index (χ4n) is 8.16. The van der Waals surface area contributed by atoms with Crippen LogP contribution >= 0.6 is 0 Å². The van der Waals surface area contributed by atoms with Gasteiger partial charge in [-0.2, -0.15) is 0 Å². The molecule has 2 amide bonds. The highest BCUT2D eigenvalue weighted by Gasteiger charge is 2.66. The molecule has 7 rings (SSSR count). The summed E-state index contributed by atoms with van der Waals surface area (Å²) >= 11 is 0. The van der Waals surface area contributed by atoms with Crippen LogP contribution in [0.3, 0.4) is 0 Å². The number of carbonyl (C=O) groups is 2. The van der Waals surface area contributed by atoms with Gasteiger partial charge in [-0.15, -0.1) is 5.10 Å². The number of fused-ring (bicyclic) bond motifs is 2. The third kappa shape index (κ3) is 6.31. The number of aliphatic hydroxyl groups excluding tert-OH is 1. The molecule has 1 unspecified atom stereocenters. The Morgan fingerprint density at radius 2 is 1.59 bits per heavy atom. The van der Waals surface area contributed by atoms with Crippen molar-refractivity contribution in [2.24, 2.45) is 5.92 Å². The maximum atomic E-state index is 14.8. The summed E-state index contributed by atoms with van der Waals surface area (Å²) in [6, 6.07) is 34.6. The predicted octanol–water partition coefficient (Wildman–Crippen LogP) is 6.13. The molecule has 2 aliphatic heterocycles. The van der Waals surface area contributed by atoms with Crippen LogP contribution < -0.4 is 9.80 Å². The second-order valence-corrected chi connectivity index (χ2v) is 18.1. The molecule has 2 aliphatic rings. The maximum absolute atomic E-state index is 14.8. The summed E-state index contributed by atoms with van der Waals surface area (Å²) in [6.07, 6.45) is 2.78. The lowest BCUT2D eigenvalue weighted by atomic mass is 9.82. The molecule has 0 bridgehead atoms. The van der Waals surface area contributed by atoms with Crippen molar-refractivity contribution in [2.75, 3.05) is 16.4 Å². The van der Waals surface area contributed by atoms with Crippen molar-refractivity contribution in [1.29, 1.82) is 0 Å². The van der Waals surface area contributed by atoms with Gasteiger partial charge < -0.3 is 19.5 Å². The van der Waals surface area contributed by atoms with Gasteiger partial charge in [-0.05, 0) is 61.0 Å². The Morgan fingerprint density at radius 3 is 2.25 bits per heavy atom. The molecule has 3 heterocycles. The van der Waals surface area contributed by atoms with Crippen molar-refractivity contribution in [2.45, 2.75) is 62.7 Å². The minimum absolute atomic E-state index is 0.0894. The quantitative estimate of drug-likeness (QED) is 0.119. The maximum Gasteiger partial charge on any atom is 0.264 e. The molecule has 5 aromatic rings. The Morgan fingerprint density at radius 1 is 0.941 bits per heavy atom. The van der Waals surface area contributed by atoms with Crippen LogP contribution in [0.2, 0.25) is 18.6 Å². The largest absolute Gasteiger partial charge is 0.432 e. The average molecular weight is 702 g/mol. The molecule has 0 aliphatic carbocycles. The summed E-state index contributed by atoms with van der Waals surface area (Å²) in [6.45, 7) is 6.59. The molecule has 10 nitrogen and oxygen atoms in total. The third-order valence-electron chi connectivity index (χ3n) is 10.5. The van der Waals surface area contributed by atoms with Gasteiger partial charge in [0, 0.05) is 41.1 Å². The van der Waals surface area contributed by atoms with Crippen molar-refractivity contribution >= 4 is 37.7 Å². The van der Waals surface area contributed by atoms with E-state index in [4.69, 9.17) is 4.74 Å². The van der Waals surface area contributed by atoms with E-state index in [9.17, 15) is 19.5 Å². The molecule has 0 saturated carbocycles. The van der Waals surface area contributed by atoms with Gasteiger partial charge in [-0.1, -0.05) is 91.0 Å². The monoisotopic (exact) mass is 701 g/mol. The number of benzene rings is 4. The molecule has 1 saturated heterocycles. The molecule has 11 heteroatoms. The Bertz CT molecular complexity index is 1980. The molecule has 1 fully saturated rings. The minimum atomic E-state index is -2.85. The Hall–Kier alpha value is -4.94. The third-order valence-corrected chi connectivity index (χ3v) is 13.0. The smallest absolute Gasteiger partial charge is 0.264 e. The van der Waals surface area contributed by atoms with Crippen LogP contribution in [-0.2, 0) is 33.0 Å². The predicted molar refractivity (Wildman–Crippen MR) is 198 cm³/mol. The fraction of sp³-hybridized carbons (Fsp3) is 0.300. The van der Waals surface area contributed by atoms with E-state index in [0.717, 1.165) is 40.2 Å². The first kappa shape index (κ1) is 34.5. The first-order chi connectivity index (χ1) is 24.7. The number of carbonyl (C=O) groups excluding carboxylic acids is 2. The van der Waals surface area contributed by atoms with Gasteiger partial charge in [-0.25, -0.2) is 0 Å². The highest BCUT2D eigenvalue weighted by atomic mass is 28.4. The molecule has 4 aromatic carbocycles. The van der Waals surface area contributed by atoms with Crippen molar-refractivity contribution in [1.82, 2.24) is 15.0 Å². The molecule has 0 radical (unpaired) electrons. The molecule has 51 heavy (non-hydrogen) atoms. The number of ether oxygens (including phenoxy) is 1. The van der Waals surface area contributed by atoms with Crippen molar-refractivity contribution in [3.8, 4) is 0 Å². The van der Waals surface area contributed by atoms with E-state index in [1.807, 2.05) is 135 Å². The molecule has 5 atom stereocenters. The second kappa shape index (κ2) is 14.0. The summed E-state index contributed by atoms with van der Waals surface area (Å²) < 4.78 is 8.74. The standard InChI is InChI=1S/C40H43N5O5Si/c1-28-38(51(2,3)49)37(22-23-43-25-35(41-42-43)33(26-46)30-12-6-4-7-13-30)50-40(28)34-16-10-11-17-36(34)44(39(40)48)24-29-18-20-32(21-19-29)45(27-47)31-14-8-5-9-15-31/h4-21,25,27-28,33,37-38,46,49H,22-24,26H2,1-3H3/t28-,33?,37+,38-,40+/m0/s1. The SMILES string of the molecule is C[C@H]1[C@H]([Si](C)(C)O)[C@@H](CCn2cc(C(CO)c3ccccc3)nn2)O[C@]12C(=O)N(Cc1ccc(N(C=O)c3ccccc3)cc1)c1ccccc12. The average Bonchev–Trinajstić information content (AvgIpc) is 3.80. The zero-order chi connectivity index (χ0) is 35.8. The minimum Gasteiger partial charge on any atom is -0.432 e. The molecular weight excluding hydrogens is 659 g/mol. The van der Waals surface area contributed by atoms with E-state index in [1.54, 1.807) is 14.5 Å². The first-order valence-electron chi connectivity index (χ1n) is 17.4. The normalized spacial score (nSPS) is 21.9. The second-order valence-electron chi connectivity index (χ2n) is 14.1.